The Balaban J connectivity index is 1.79. The van der Waals surface area contributed by atoms with E-state index in [0.717, 1.165) is 41.1 Å². The molecule has 0 atom stereocenters. The predicted octanol–water partition coefficient (Wildman–Crippen LogP) is 6.28. The minimum atomic E-state index is -0.357. The highest BCUT2D eigenvalue weighted by Crippen LogP contribution is 2.34. The second-order valence-electron chi connectivity index (χ2n) is 7.41. The van der Waals surface area contributed by atoms with Gasteiger partial charge in [-0.3, -0.25) is 0 Å². The zero-order valence-corrected chi connectivity index (χ0v) is 17.3. The third-order valence-corrected chi connectivity index (χ3v) is 5.71. The minimum absolute atomic E-state index is 0.332. The molecule has 2 heterocycles. The van der Waals surface area contributed by atoms with Gasteiger partial charge in [-0.2, -0.15) is 0 Å². The number of pyridine rings is 1. The first-order valence-electron chi connectivity index (χ1n) is 9.90. The van der Waals surface area contributed by atoms with E-state index >= 15 is 0 Å². The van der Waals surface area contributed by atoms with Crippen LogP contribution in [0, 0.1) is 12.8 Å². The molecule has 1 saturated carbocycles. The third kappa shape index (κ3) is 4.06. The standard InChI is InChI=1S/C23H23ClN2O3/c1-14-20-18(12-13-19(24)26-20)29-22(14)21(15-6-4-3-5-7-15)25-17-10-8-16(9-11-17)23(27)28-2/h8-13,15H,3-7H2,1-2H3. The Morgan fingerprint density at radius 3 is 2.55 bits per heavy atom. The van der Waals surface area contributed by atoms with Gasteiger partial charge in [0.15, 0.2) is 11.3 Å². The fourth-order valence-corrected chi connectivity index (χ4v) is 4.09. The molecule has 0 aliphatic heterocycles. The van der Waals surface area contributed by atoms with Crippen molar-refractivity contribution in [2.45, 2.75) is 39.0 Å². The van der Waals surface area contributed by atoms with Gasteiger partial charge in [-0.1, -0.05) is 30.9 Å². The Morgan fingerprint density at radius 1 is 1.14 bits per heavy atom. The highest BCUT2D eigenvalue weighted by molar-refractivity contribution is 6.29. The van der Waals surface area contributed by atoms with Crippen molar-refractivity contribution in [1.82, 2.24) is 4.98 Å². The van der Waals surface area contributed by atoms with E-state index in [1.165, 1.54) is 26.4 Å². The summed E-state index contributed by atoms with van der Waals surface area (Å²) in [6.07, 6.45) is 5.81. The monoisotopic (exact) mass is 410 g/mol. The average Bonchev–Trinajstić information content (AvgIpc) is 3.08. The maximum atomic E-state index is 11.7. The van der Waals surface area contributed by atoms with E-state index in [1.54, 1.807) is 18.2 Å². The lowest BCUT2D eigenvalue weighted by atomic mass is 9.84. The number of hydrogen-bond acceptors (Lipinski definition) is 5. The molecule has 0 amide bonds. The van der Waals surface area contributed by atoms with Crippen molar-refractivity contribution in [1.29, 1.82) is 0 Å². The molecule has 0 spiro atoms. The normalized spacial score (nSPS) is 15.6. The number of methoxy groups -OCH3 is 1. The van der Waals surface area contributed by atoms with Crippen molar-refractivity contribution >= 4 is 40.1 Å². The summed E-state index contributed by atoms with van der Waals surface area (Å²) in [4.78, 5) is 21.1. The van der Waals surface area contributed by atoms with Gasteiger partial charge in [0.1, 0.15) is 10.7 Å². The van der Waals surface area contributed by atoms with Crippen LogP contribution in [0.1, 0.15) is 53.8 Å². The van der Waals surface area contributed by atoms with E-state index in [-0.39, 0.29) is 5.97 Å². The lowest BCUT2D eigenvalue weighted by molar-refractivity contribution is 0.0601. The van der Waals surface area contributed by atoms with Crippen LogP contribution in [-0.4, -0.2) is 23.8 Å². The van der Waals surface area contributed by atoms with E-state index in [4.69, 9.17) is 25.7 Å². The first kappa shape index (κ1) is 19.6. The van der Waals surface area contributed by atoms with Gasteiger partial charge in [-0.25, -0.2) is 14.8 Å². The van der Waals surface area contributed by atoms with Crippen molar-refractivity contribution in [3.8, 4) is 0 Å². The number of aryl methyl sites for hydroxylation is 1. The van der Waals surface area contributed by atoms with Gasteiger partial charge in [-0.15, -0.1) is 0 Å². The molecule has 0 unspecified atom stereocenters. The van der Waals surface area contributed by atoms with Gasteiger partial charge < -0.3 is 9.15 Å². The number of carbonyl (C=O) groups is 1. The van der Waals surface area contributed by atoms with Crippen LogP contribution in [0.25, 0.3) is 11.1 Å². The number of carbonyl (C=O) groups excluding carboxylic acids is 1. The number of aliphatic imine (C=N–C) groups is 1. The van der Waals surface area contributed by atoms with Crippen LogP contribution in [0.5, 0.6) is 0 Å². The van der Waals surface area contributed by atoms with E-state index < -0.39 is 0 Å². The van der Waals surface area contributed by atoms with Crippen LogP contribution < -0.4 is 0 Å². The second-order valence-corrected chi connectivity index (χ2v) is 7.79. The van der Waals surface area contributed by atoms with Crippen LogP contribution in [0.2, 0.25) is 5.15 Å². The van der Waals surface area contributed by atoms with Gasteiger partial charge in [0.2, 0.25) is 0 Å². The molecule has 1 aliphatic carbocycles. The minimum Gasteiger partial charge on any atom is -0.465 e. The molecule has 0 saturated heterocycles. The molecule has 1 fully saturated rings. The number of furan rings is 1. The Kier molecular flexibility index (Phi) is 5.67. The highest BCUT2D eigenvalue weighted by Gasteiger charge is 2.26. The number of halogens is 1. The van der Waals surface area contributed by atoms with Crippen molar-refractivity contribution in [2.24, 2.45) is 10.9 Å². The Hall–Kier alpha value is -2.66. The summed E-state index contributed by atoms with van der Waals surface area (Å²) in [5.41, 5.74) is 4.68. The number of benzene rings is 1. The molecule has 1 aliphatic rings. The number of ether oxygens (including phenoxy) is 1. The van der Waals surface area contributed by atoms with E-state index in [9.17, 15) is 4.79 Å². The van der Waals surface area contributed by atoms with Crippen molar-refractivity contribution in [3.63, 3.8) is 0 Å². The number of rotatable bonds is 4. The first-order valence-corrected chi connectivity index (χ1v) is 10.3. The molecule has 4 rings (SSSR count). The first-order chi connectivity index (χ1) is 14.1. The number of aromatic nitrogens is 1. The summed E-state index contributed by atoms with van der Waals surface area (Å²) in [6, 6.07) is 10.7. The number of hydrogen-bond donors (Lipinski definition) is 0. The summed E-state index contributed by atoms with van der Waals surface area (Å²) in [6.45, 7) is 2.00. The molecule has 0 N–H and O–H groups in total. The SMILES string of the molecule is COC(=O)c1ccc(N=C(c2oc3ccc(Cl)nc3c2C)C2CCCCC2)cc1. The maximum Gasteiger partial charge on any atom is 0.337 e. The van der Waals surface area contributed by atoms with Crippen molar-refractivity contribution in [2.75, 3.05) is 7.11 Å². The Morgan fingerprint density at radius 2 is 1.86 bits per heavy atom. The van der Waals surface area contributed by atoms with Gasteiger partial charge in [0.25, 0.3) is 0 Å². The van der Waals surface area contributed by atoms with Crippen LogP contribution in [0.3, 0.4) is 0 Å². The topological polar surface area (TPSA) is 64.7 Å². The molecular weight excluding hydrogens is 388 g/mol. The zero-order chi connectivity index (χ0) is 20.4. The summed E-state index contributed by atoms with van der Waals surface area (Å²) in [5.74, 6) is 0.751. The maximum absolute atomic E-state index is 11.7. The third-order valence-electron chi connectivity index (χ3n) is 5.49. The molecule has 150 valence electrons. The molecule has 2 aromatic heterocycles. The summed E-state index contributed by atoms with van der Waals surface area (Å²) in [5, 5.41) is 0.447. The van der Waals surface area contributed by atoms with Crippen LogP contribution in [0.4, 0.5) is 5.69 Å². The molecule has 1 aromatic carbocycles. The molecule has 6 heteroatoms. The van der Waals surface area contributed by atoms with Gasteiger partial charge in [-0.05, 0) is 56.2 Å². The summed E-state index contributed by atoms with van der Waals surface area (Å²) in [7, 11) is 1.38. The van der Waals surface area contributed by atoms with Gasteiger partial charge in [0, 0.05) is 11.5 Å². The van der Waals surface area contributed by atoms with Crippen LogP contribution in [-0.2, 0) is 4.74 Å². The predicted molar refractivity (Wildman–Crippen MR) is 114 cm³/mol. The number of nitrogens with zero attached hydrogens (tertiary/aromatic N) is 2. The average molecular weight is 411 g/mol. The number of fused-ring (bicyclic) bond motifs is 1. The van der Waals surface area contributed by atoms with Crippen molar-refractivity contribution < 1.29 is 13.9 Å². The fraction of sp³-hybridized carbons (Fsp3) is 0.348. The lowest BCUT2D eigenvalue weighted by Crippen LogP contribution is -2.19. The molecular formula is C23H23ClN2O3. The van der Waals surface area contributed by atoms with E-state index in [2.05, 4.69) is 4.98 Å². The number of esters is 1. The fourth-order valence-electron chi connectivity index (χ4n) is 3.94. The van der Waals surface area contributed by atoms with Gasteiger partial charge >= 0.3 is 5.97 Å². The van der Waals surface area contributed by atoms with Crippen LogP contribution in [0.15, 0.2) is 45.8 Å². The van der Waals surface area contributed by atoms with Gasteiger partial charge in [0.05, 0.1) is 24.1 Å². The smallest absolute Gasteiger partial charge is 0.337 e. The Bertz CT molecular complexity index is 1060. The molecule has 29 heavy (non-hydrogen) atoms. The molecule has 0 radical (unpaired) electrons. The summed E-state index contributed by atoms with van der Waals surface area (Å²) >= 11 is 6.09. The quantitative estimate of drug-likeness (QED) is 0.288. The molecule has 0 bridgehead atoms. The Labute approximate surface area is 174 Å². The highest BCUT2D eigenvalue weighted by atomic mass is 35.5. The van der Waals surface area contributed by atoms with Crippen LogP contribution >= 0.6 is 11.6 Å². The second kappa shape index (κ2) is 8.37. The van der Waals surface area contributed by atoms with E-state index in [0.29, 0.717) is 22.2 Å². The largest absolute Gasteiger partial charge is 0.465 e. The molecule has 5 nitrogen and oxygen atoms in total. The van der Waals surface area contributed by atoms with Crippen molar-refractivity contribution in [3.05, 3.63) is 58.4 Å². The summed E-state index contributed by atoms with van der Waals surface area (Å²) < 4.78 is 11.0. The zero-order valence-electron chi connectivity index (χ0n) is 16.6. The lowest BCUT2D eigenvalue weighted by Gasteiger charge is -2.22. The van der Waals surface area contributed by atoms with E-state index in [1.807, 2.05) is 25.1 Å². The molecule has 3 aromatic rings.